The lowest BCUT2D eigenvalue weighted by atomic mass is 10.1. The number of nitrogens with one attached hydrogen (secondary N) is 2. The van der Waals surface area contributed by atoms with Crippen LogP contribution in [0.1, 0.15) is 16.1 Å². The summed E-state index contributed by atoms with van der Waals surface area (Å²) < 4.78 is 10.7. The van der Waals surface area contributed by atoms with Crippen LogP contribution < -0.4 is 15.4 Å². The standard InChI is InChI=1S/C24H19N3O7/c1-33-17-7-5-16(6-8-17)25-21(28)13-27-22(29)19(26-24(27)32)12-18-9-10-20(34-18)14-3-2-4-15(11-14)23(30)31/h2-12H,13H2,1H3,(H,25,28)(H,26,32)(H,30,31). The predicted molar refractivity (Wildman–Crippen MR) is 121 cm³/mol. The zero-order valence-corrected chi connectivity index (χ0v) is 17.9. The minimum Gasteiger partial charge on any atom is -0.497 e. The van der Waals surface area contributed by atoms with Crippen LogP contribution in [0.15, 0.2) is 70.8 Å². The highest BCUT2D eigenvalue weighted by Gasteiger charge is 2.35. The first-order valence-electron chi connectivity index (χ1n) is 10.1. The zero-order valence-electron chi connectivity index (χ0n) is 17.9. The molecule has 1 aliphatic rings. The summed E-state index contributed by atoms with van der Waals surface area (Å²) >= 11 is 0. The Kier molecular flexibility index (Phi) is 6.13. The molecule has 1 aliphatic heterocycles. The predicted octanol–water partition coefficient (Wildman–Crippen LogP) is 3.18. The lowest BCUT2D eigenvalue weighted by molar-refractivity contribution is -0.127. The average molecular weight is 461 g/mol. The lowest BCUT2D eigenvalue weighted by Crippen LogP contribution is -2.38. The van der Waals surface area contributed by atoms with Gasteiger partial charge in [0.15, 0.2) is 0 Å². The van der Waals surface area contributed by atoms with E-state index in [-0.39, 0.29) is 17.0 Å². The van der Waals surface area contributed by atoms with E-state index in [2.05, 4.69) is 10.6 Å². The van der Waals surface area contributed by atoms with Gasteiger partial charge in [-0.3, -0.25) is 9.59 Å². The fourth-order valence-corrected chi connectivity index (χ4v) is 3.27. The number of carbonyl (C=O) groups is 4. The van der Waals surface area contributed by atoms with E-state index in [1.807, 2.05) is 0 Å². The Morgan fingerprint density at radius 2 is 1.88 bits per heavy atom. The molecule has 0 unspecified atom stereocenters. The third-order valence-electron chi connectivity index (χ3n) is 4.95. The topological polar surface area (TPSA) is 138 Å². The summed E-state index contributed by atoms with van der Waals surface area (Å²) in [5.74, 6) is -1.01. The summed E-state index contributed by atoms with van der Waals surface area (Å²) in [7, 11) is 1.52. The molecule has 0 bridgehead atoms. The molecule has 3 N–H and O–H groups in total. The van der Waals surface area contributed by atoms with Gasteiger partial charge in [-0.15, -0.1) is 0 Å². The molecule has 1 fully saturated rings. The molecule has 1 aromatic heterocycles. The largest absolute Gasteiger partial charge is 0.497 e. The number of nitrogens with zero attached hydrogens (tertiary/aromatic N) is 1. The van der Waals surface area contributed by atoms with Gasteiger partial charge in [-0.05, 0) is 48.5 Å². The van der Waals surface area contributed by atoms with Crippen molar-refractivity contribution in [2.24, 2.45) is 0 Å². The fraction of sp³-hybridized carbons (Fsp3) is 0.0833. The van der Waals surface area contributed by atoms with Crippen molar-refractivity contribution >= 4 is 35.6 Å². The Labute approximate surface area is 193 Å². The monoisotopic (exact) mass is 461 g/mol. The van der Waals surface area contributed by atoms with Gasteiger partial charge in [-0.25, -0.2) is 14.5 Å². The molecule has 10 nitrogen and oxygen atoms in total. The van der Waals surface area contributed by atoms with Gasteiger partial charge in [-0.2, -0.15) is 0 Å². The summed E-state index contributed by atoms with van der Waals surface area (Å²) in [4.78, 5) is 49.2. The number of carboxylic acids is 1. The van der Waals surface area contributed by atoms with Gasteiger partial charge in [-0.1, -0.05) is 12.1 Å². The van der Waals surface area contributed by atoms with E-state index in [4.69, 9.17) is 14.3 Å². The number of carbonyl (C=O) groups excluding carboxylic acids is 3. The van der Waals surface area contributed by atoms with Crippen LogP contribution in [-0.2, 0) is 9.59 Å². The summed E-state index contributed by atoms with van der Waals surface area (Å²) in [6, 6.07) is 15.3. The van der Waals surface area contributed by atoms with Crippen molar-refractivity contribution in [3.8, 4) is 17.1 Å². The van der Waals surface area contributed by atoms with E-state index < -0.39 is 30.4 Å². The molecule has 0 radical (unpaired) electrons. The smallest absolute Gasteiger partial charge is 0.335 e. The van der Waals surface area contributed by atoms with Crippen LogP contribution in [0.5, 0.6) is 5.75 Å². The van der Waals surface area contributed by atoms with Gasteiger partial charge < -0.3 is 24.9 Å². The lowest BCUT2D eigenvalue weighted by Gasteiger charge is -2.12. The van der Waals surface area contributed by atoms with Crippen LogP contribution in [-0.4, -0.2) is 47.5 Å². The Morgan fingerprint density at radius 1 is 1.12 bits per heavy atom. The molecule has 0 atom stereocenters. The molecule has 0 saturated carbocycles. The number of rotatable bonds is 7. The molecular weight excluding hydrogens is 442 g/mol. The minimum absolute atomic E-state index is 0.0533. The highest BCUT2D eigenvalue weighted by Crippen LogP contribution is 2.25. The number of aromatic carboxylic acids is 1. The van der Waals surface area contributed by atoms with Crippen LogP contribution in [0.4, 0.5) is 10.5 Å². The molecule has 2 aromatic carbocycles. The van der Waals surface area contributed by atoms with Gasteiger partial charge in [0.1, 0.15) is 29.5 Å². The molecule has 4 amide bonds. The van der Waals surface area contributed by atoms with E-state index in [1.165, 1.54) is 25.3 Å². The third-order valence-corrected chi connectivity index (χ3v) is 4.95. The van der Waals surface area contributed by atoms with E-state index in [1.54, 1.807) is 48.5 Å². The number of urea groups is 1. The SMILES string of the molecule is COc1ccc(NC(=O)CN2C(=O)NC(=Cc3ccc(-c4cccc(C(=O)O)c4)o3)C2=O)cc1. The second kappa shape index (κ2) is 9.33. The third kappa shape index (κ3) is 4.80. The maximum atomic E-state index is 12.7. The number of benzene rings is 2. The Hall–Kier alpha value is -4.86. The maximum Gasteiger partial charge on any atom is 0.335 e. The van der Waals surface area contributed by atoms with Crippen molar-refractivity contribution in [1.82, 2.24) is 10.2 Å². The van der Waals surface area contributed by atoms with E-state index in [9.17, 15) is 19.2 Å². The molecule has 3 aromatic rings. The molecule has 172 valence electrons. The highest BCUT2D eigenvalue weighted by molar-refractivity contribution is 6.15. The van der Waals surface area contributed by atoms with Crippen LogP contribution in [0.2, 0.25) is 0 Å². The summed E-state index contributed by atoms with van der Waals surface area (Å²) in [6.45, 7) is -0.473. The van der Waals surface area contributed by atoms with Gasteiger partial charge in [0.2, 0.25) is 5.91 Å². The van der Waals surface area contributed by atoms with Crippen LogP contribution in [0.25, 0.3) is 17.4 Å². The summed E-state index contributed by atoms with van der Waals surface area (Å²) in [5, 5.41) is 14.2. The first kappa shape index (κ1) is 22.3. The number of ether oxygens (including phenoxy) is 1. The average Bonchev–Trinajstić information content (AvgIpc) is 3.40. The van der Waals surface area contributed by atoms with Crippen LogP contribution >= 0.6 is 0 Å². The summed E-state index contributed by atoms with van der Waals surface area (Å²) in [6.07, 6.45) is 1.34. The number of methoxy groups -OCH3 is 1. The number of imide groups is 1. The number of furan rings is 1. The Bertz CT molecular complexity index is 1310. The highest BCUT2D eigenvalue weighted by atomic mass is 16.5. The van der Waals surface area contributed by atoms with Crippen molar-refractivity contribution in [3.05, 3.63) is 77.7 Å². The van der Waals surface area contributed by atoms with Gasteiger partial charge >= 0.3 is 12.0 Å². The van der Waals surface area contributed by atoms with E-state index >= 15 is 0 Å². The molecule has 2 heterocycles. The molecule has 0 spiro atoms. The first-order chi connectivity index (χ1) is 16.3. The number of hydrogen-bond donors (Lipinski definition) is 3. The molecule has 10 heteroatoms. The zero-order chi connectivity index (χ0) is 24.2. The normalized spacial score (nSPS) is 14.3. The Balaban J connectivity index is 1.44. The maximum absolute atomic E-state index is 12.7. The van der Waals surface area contributed by atoms with Gasteiger partial charge in [0, 0.05) is 17.3 Å². The van der Waals surface area contributed by atoms with Crippen LogP contribution in [0.3, 0.4) is 0 Å². The quantitative estimate of drug-likeness (QED) is 0.363. The summed E-state index contributed by atoms with van der Waals surface area (Å²) in [5.41, 5.74) is 1.09. The molecule has 0 aliphatic carbocycles. The van der Waals surface area contributed by atoms with Crippen molar-refractivity contribution in [2.45, 2.75) is 0 Å². The number of carboxylic acid groups (broad SMARTS) is 1. The number of hydrogen-bond acceptors (Lipinski definition) is 6. The first-order valence-corrected chi connectivity index (χ1v) is 10.1. The van der Waals surface area contributed by atoms with Crippen LogP contribution in [0, 0.1) is 0 Å². The second-order valence-corrected chi connectivity index (χ2v) is 7.24. The Morgan fingerprint density at radius 3 is 2.59 bits per heavy atom. The van der Waals surface area contributed by atoms with Crippen molar-refractivity contribution in [3.63, 3.8) is 0 Å². The van der Waals surface area contributed by atoms with Crippen molar-refractivity contribution < 1.29 is 33.4 Å². The van der Waals surface area contributed by atoms with E-state index in [0.717, 1.165) is 4.90 Å². The number of anilines is 1. The van der Waals surface area contributed by atoms with Gasteiger partial charge in [0.25, 0.3) is 5.91 Å². The minimum atomic E-state index is -1.06. The van der Waals surface area contributed by atoms with E-state index in [0.29, 0.717) is 22.8 Å². The second-order valence-electron chi connectivity index (χ2n) is 7.24. The van der Waals surface area contributed by atoms with Gasteiger partial charge in [0.05, 0.1) is 12.7 Å². The molecular formula is C24H19N3O7. The van der Waals surface area contributed by atoms with Crippen molar-refractivity contribution in [2.75, 3.05) is 19.0 Å². The van der Waals surface area contributed by atoms with Crippen molar-refractivity contribution in [1.29, 1.82) is 0 Å². The molecule has 34 heavy (non-hydrogen) atoms. The number of amides is 4. The molecule has 1 saturated heterocycles. The molecule has 4 rings (SSSR count). The fourth-order valence-electron chi connectivity index (χ4n) is 3.27.